The minimum Gasteiger partial charge on any atom is -0.382 e. The highest BCUT2D eigenvalue weighted by Gasteiger charge is 2.29. The van der Waals surface area contributed by atoms with Crippen molar-refractivity contribution in [3.63, 3.8) is 0 Å². The Balaban J connectivity index is 1.48. The Morgan fingerprint density at radius 3 is 2.58 bits per heavy atom. The van der Waals surface area contributed by atoms with Crippen molar-refractivity contribution >= 4 is 16.8 Å². The van der Waals surface area contributed by atoms with Gasteiger partial charge in [0.05, 0.1) is 23.9 Å². The lowest BCUT2D eigenvalue weighted by atomic mass is 9.90. The monoisotopic (exact) mass is 453 g/mol. The van der Waals surface area contributed by atoms with Crippen molar-refractivity contribution < 1.29 is 14.1 Å². The number of piperidine rings is 1. The van der Waals surface area contributed by atoms with Crippen molar-refractivity contribution in [1.82, 2.24) is 24.8 Å². The van der Waals surface area contributed by atoms with E-state index in [-0.39, 0.29) is 22.8 Å². The molecular weight excluding hydrogens is 418 g/mol. The maximum atomic E-state index is 12.5. The first kappa shape index (κ1) is 23.4. The van der Waals surface area contributed by atoms with Gasteiger partial charge in [-0.15, -0.1) is 0 Å². The third-order valence-electron chi connectivity index (χ3n) is 6.22. The molecule has 33 heavy (non-hydrogen) atoms. The lowest BCUT2D eigenvalue weighted by Gasteiger charge is -2.32. The summed E-state index contributed by atoms with van der Waals surface area (Å²) in [7, 11) is 1.70. The Morgan fingerprint density at radius 2 is 1.91 bits per heavy atom. The number of aromatic nitrogens is 4. The number of carbonyl (C=O) groups excluding carboxylic acids is 1. The van der Waals surface area contributed by atoms with Gasteiger partial charge < -0.3 is 14.2 Å². The third kappa shape index (κ3) is 5.11. The largest absolute Gasteiger partial charge is 0.382 e. The second-order valence-corrected chi connectivity index (χ2v) is 10.9. The summed E-state index contributed by atoms with van der Waals surface area (Å²) in [6, 6.07) is 6.09. The molecule has 1 aromatic carbocycles. The molecule has 0 atom stereocenters. The summed E-state index contributed by atoms with van der Waals surface area (Å²) < 4.78 is 13.0. The number of nitrogens with zero attached hydrogens (tertiary/aromatic N) is 5. The molecule has 4 rings (SSSR count). The van der Waals surface area contributed by atoms with Gasteiger partial charge in [0.15, 0.2) is 0 Å². The quantitative estimate of drug-likeness (QED) is 0.542. The van der Waals surface area contributed by atoms with Gasteiger partial charge in [0.25, 0.3) is 0 Å². The fraction of sp³-hybridized carbons (Fsp3) is 0.600. The van der Waals surface area contributed by atoms with Crippen LogP contribution in [0.15, 0.2) is 28.9 Å². The van der Waals surface area contributed by atoms with E-state index in [1.54, 1.807) is 7.11 Å². The topological polar surface area (TPSA) is 86.3 Å². The Morgan fingerprint density at radius 1 is 1.18 bits per heavy atom. The molecule has 0 saturated carbocycles. The van der Waals surface area contributed by atoms with Crippen molar-refractivity contribution in [1.29, 1.82) is 0 Å². The molecule has 1 fully saturated rings. The van der Waals surface area contributed by atoms with E-state index >= 15 is 0 Å². The zero-order valence-corrected chi connectivity index (χ0v) is 20.6. The summed E-state index contributed by atoms with van der Waals surface area (Å²) in [6.45, 7) is 12.5. The van der Waals surface area contributed by atoms with Crippen LogP contribution in [0.5, 0.6) is 0 Å². The summed E-state index contributed by atoms with van der Waals surface area (Å²) >= 11 is 0. The van der Waals surface area contributed by atoms with E-state index in [2.05, 4.69) is 50.9 Å². The summed E-state index contributed by atoms with van der Waals surface area (Å²) in [6.07, 6.45) is 4.12. The van der Waals surface area contributed by atoms with Gasteiger partial charge in [0.1, 0.15) is 0 Å². The maximum Gasteiger partial charge on any atom is 0.230 e. The highest BCUT2D eigenvalue weighted by Crippen LogP contribution is 2.31. The Bertz CT molecular complexity index is 1120. The zero-order chi connectivity index (χ0) is 23.8. The molecule has 0 aliphatic carbocycles. The normalized spacial score (nSPS) is 16.0. The second kappa shape index (κ2) is 8.89. The Hall–Kier alpha value is -2.74. The molecule has 1 aliphatic heterocycles. The predicted octanol–water partition coefficient (Wildman–Crippen LogP) is 4.61. The number of hydrogen-bond donors (Lipinski definition) is 0. The number of methoxy groups -OCH3 is 1. The molecule has 0 bridgehead atoms. The van der Waals surface area contributed by atoms with Gasteiger partial charge in [0.2, 0.25) is 17.6 Å². The van der Waals surface area contributed by atoms with Crippen LogP contribution in [-0.2, 0) is 15.1 Å². The van der Waals surface area contributed by atoms with Crippen molar-refractivity contribution in [2.75, 3.05) is 26.8 Å². The first-order valence-corrected chi connectivity index (χ1v) is 11.7. The predicted molar refractivity (Wildman–Crippen MR) is 127 cm³/mol. The van der Waals surface area contributed by atoms with Crippen LogP contribution in [-0.4, -0.2) is 57.5 Å². The standard InChI is InChI=1S/C25H35N5O3/c1-24(2,3)14-21(31)29-11-9-17(10-12-29)23-27-22(28-33-23)18-7-8-19-15-26-30(20(19)13-18)25(4,5)16-32-6/h7-8,13,15,17H,9-12,14,16H2,1-6H3. The number of benzene rings is 1. The van der Waals surface area contributed by atoms with Gasteiger partial charge in [-0.1, -0.05) is 38.1 Å². The van der Waals surface area contributed by atoms with Gasteiger partial charge in [-0.25, -0.2) is 0 Å². The van der Waals surface area contributed by atoms with E-state index in [0.29, 0.717) is 24.7 Å². The molecule has 1 aliphatic rings. The van der Waals surface area contributed by atoms with Crippen molar-refractivity contribution in [2.45, 2.75) is 65.3 Å². The molecule has 2 aromatic heterocycles. The van der Waals surface area contributed by atoms with E-state index in [1.165, 1.54) is 0 Å². The fourth-order valence-corrected chi connectivity index (χ4v) is 4.51. The number of rotatable bonds is 6. The minimum atomic E-state index is -0.282. The fourth-order valence-electron chi connectivity index (χ4n) is 4.51. The number of amides is 1. The van der Waals surface area contributed by atoms with Crippen LogP contribution in [0.4, 0.5) is 0 Å². The van der Waals surface area contributed by atoms with Crippen LogP contribution in [0, 0.1) is 5.41 Å². The van der Waals surface area contributed by atoms with Gasteiger partial charge >= 0.3 is 0 Å². The van der Waals surface area contributed by atoms with Gasteiger partial charge in [0, 0.05) is 43.5 Å². The molecule has 1 saturated heterocycles. The highest BCUT2D eigenvalue weighted by molar-refractivity contribution is 5.83. The Labute approximate surface area is 195 Å². The molecule has 8 nitrogen and oxygen atoms in total. The molecular formula is C25H35N5O3. The first-order chi connectivity index (χ1) is 15.6. The van der Waals surface area contributed by atoms with Crippen molar-refractivity contribution in [3.8, 4) is 11.4 Å². The van der Waals surface area contributed by atoms with Gasteiger partial charge in [-0.05, 0) is 38.2 Å². The van der Waals surface area contributed by atoms with Crippen LogP contribution < -0.4 is 0 Å². The van der Waals surface area contributed by atoms with E-state index in [0.717, 1.165) is 42.4 Å². The molecule has 0 unspecified atom stereocenters. The van der Waals surface area contributed by atoms with E-state index in [1.807, 2.05) is 27.9 Å². The SMILES string of the molecule is COCC(C)(C)n1ncc2ccc(-c3noc(C4CCN(C(=O)CC(C)(C)C)CC4)n3)cc21. The van der Waals surface area contributed by atoms with Crippen LogP contribution in [0.1, 0.15) is 65.7 Å². The maximum absolute atomic E-state index is 12.5. The number of likely N-dealkylation sites (tertiary alicyclic amines) is 1. The molecule has 3 aromatic rings. The zero-order valence-electron chi connectivity index (χ0n) is 20.6. The highest BCUT2D eigenvalue weighted by atomic mass is 16.5. The average Bonchev–Trinajstić information content (AvgIpc) is 3.40. The average molecular weight is 454 g/mol. The van der Waals surface area contributed by atoms with E-state index in [9.17, 15) is 4.79 Å². The molecule has 0 N–H and O–H groups in total. The second-order valence-electron chi connectivity index (χ2n) is 10.9. The lowest BCUT2D eigenvalue weighted by molar-refractivity contribution is -0.134. The smallest absolute Gasteiger partial charge is 0.230 e. The third-order valence-corrected chi connectivity index (χ3v) is 6.22. The summed E-state index contributed by atoms with van der Waals surface area (Å²) in [5, 5.41) is 9.90. The summed E-state index contributed by atoms with van der Waals surface area (Å²) in [5.41, 5.74) is 1.62. The number of ether oxygens (including phenoxy) is 1. The van der Waals surface area contributed by atoms with Crippen LogP contribution in [0.3, 0.4) is 0 Å². The molecule has 1 amide bonds. The summed E-state index contributed by atoms with van der Waals surface area (Å²) in [4.78, 5) is 19.2. The molecule has 0 spiro atoms. The summed E-state index contributed by atoms with van der Waals surface area (Å²) in [5.74, 6) is 1.64. The Kier molecular flexibility index (Phi) is 6.31. The van der Waals surface area contributed by atoms with Crippen molar-refractivity contribution in [3.05, 3.63) is 30.3 Å². The molecule has 8 heteroatoms. The van der Waals surface area contributed by atoms with Crippen LogP contribution in [0.25, 0.3) is 22.3 Å². The van der Waals surface area contributed by atoms with Gasteiger partial charge in [-0.2, -0.15) is 10.1 Å². The molecule has 3 heterocycles. The van der Waals surface area contributed by atoms with Crippen LogP contribution in [0.2, 0.25) is 0 Å². The number of fused-ring (bicyclic) bond motifs is 1. The number of hydrogen-bond acceptors (Lipinski definition) is 6. The minimum absolute atomic E-state index is 0.00454. The lowest BCUT2D eigenvalue weighted by Crippen LogP contribution is -2.39. The number of carbonyl (C=O) groups is 1. The van der Waals surface area contributed by atoms with E-state index in [4.69, 9.17) is 14.2 Å². The van der Waals surface area contributed by atoms with Crippen LogP contribution >= 0.6 is 0 Å². The van der Waals surface area contributed by atoms with Crippen molar-refractivity contribution in [2.24, 2.45) is 5.41 Å². The van der Waals surface area contributed by atoms with E-state index < -0.39 is 0 Å². The molecule has 0 radical (unpaired) electrons. The van der Waals surface area contributed by atoms with Gasteiger partial charge in [-0.3, -0.25) is 9.48 Å². The molecule has 178 valence electrons. The first-order valence-electron chi connectivity index (χ1n) is 11.7.